The van der Waals surface area contributed by atoms with E-state index in [1.54, 1.807) is 41.8 Å². The molecule has 0 spiro atoms. The van der Waals surface area contributed by atoms with E-state index < -0.39 is 16.0 Å². The molecule has 0 unspecified atom stereocenters. The fourth-order valence-electron chi connectivity index (χ4n) is 5.99. The molecule has 0 saturated heterocycles. The topological polar surface area (TPSA) is 124 Å². The van der Waals surface area contributed by atoms with Crippen LogP contribution in [0, 0.1) is 6.92 Å². The van der Waals surface area contributed by atoms with Crippen molar-refractivity contribution in [3.63, 3.8) is 0 Å². The summed E-state index contributed by atoms with van der Waals surface area (Å²) in [6.07, 6.45) is 1.44. The summed E-state index contributed by atoms with van der Waals surface area (Å²) < 4.78 is 51.3. The number of hydrogen-bond acceptors (Lipinski definition) is 8. The van der Waals surface area contributed by atoms with Crippen LogP contribution in [0.15, 0.2) is 83.8 Å². The lowest BCUT2D eigenvalue weighted by atomic mass is 10.0. The number of benzene rings is 4. The lowest BCUT2D eigenvalue weighted by molar-refractivity contribution is 0.0687. The number of rotatable bonds is 10. The first kappa shape index (κ1) is 29.8. The summed E-state index contributed by atoms with van der Waals surface area (Å²) >= 11 is 1.09. The van der Waals surface area contributed by atoms with E-state index in [9.17, 15) is 18.3 Å². The highest BCUT2D eigenvalue weighted by atomic mass is 32.2. The minimum Gasteiger partial charge on any atom is -0.477 e. The van der Waals surface area contributed by atoms with Crippen molar-refractivity contribution in [1.29, 1.82) is 0 Å². The van der Waals surface area contributed by atoms with Crippen LogP contribution in [0.5, 0.6) is 11.5 Å². The summed E-state index contributed by atoms with van der Waals surface area (Å²) in [6, 6.07) is 23.3. The summed E-state index contributed by atoms with van der Waals surface area (Å²) in [7, 11) is -3.93. The Morgan fingerprint density at radius 2 is 1.78 bits per heavy atom. The normalized spacial score (nSPS) is 12.7. The molecule has 1 aliphatic rings. The molecule has 0 bridgehead atoms. The number of hydrogen-bond donors (Lipinski definition) is 1. The minimum atomic E-state index is -3.93. The second kappa shape index (κ2) is 11.8. The van der Waals surface area contributed by atoms with Crippen molar-refractivity contribution in [1.82, 2.24) is 13.3 Å². The molecular weight excluding hydrogens is 625 g/mol. The number of aryl methyl sites for hydroxylation is 1. The highest BCUT2D eigenvalue weighted by Crippen LogP contribution is 2.40. The molecule has 4 aromatic carbocycles. The molecule has 2 aromatic heterocycles. The number of sulfonamides is 1. The van der Waals surface area contributed by atoms with E-state index in [1.807, 2.05) is 55.5 Å². The van der Waals surface area contributed by atoms with E-state index in [2.05, 4.69) is 8.75 Å². The van der Waals surface area contributed by atoms with Crippen LogP contribution in [-0.4, -0.2) is 46.1 Å². The van der Waals surface area contributed by atoms with Crippen LogP contribution in [0.2, 0.25) is 0 Å². The molecule has 0 saturated carbocycles. The summed E-state index contributed by atoms with van der Waals surface area (Å²) in [4.78, 5) is 13.4. The second-order valence-corrected chi connectivity index (χ2v) is 13.5. The van der Waals surface area contributed by atoms with Gasteiger partial charge in [-0.2, -0.15) is 8.75 Å². The van der Waals surface area contributed by atoms with E-state index in [4.69, 9.17) is 9.47 Å². The molecule has 1 N–H and O–H groups in total. The van der Waals surface area contributed by atoms with Crippen molar-refractivity contribution < 1.29 is 27.8 Å². The lowest BCUT2D eigenvalue weighted by Crippen LogP contribution is -2.32. The molecular formula is C34H30N4O6S2. The highest BCUT2D eigenvalue weighted by Gasteiger charge is 2.29. The maximum atomic E-state index is 14.2. The Hall–Kier alpha value is -4.94. The van der Waals surface area contributed by atoms with Gasteiger partial charge in [-0.05, 0) is 78.6 Å². The van der Waals surface area contributed by atoms with Gasteiger partial charge < -0.3 is 19.1 Å². The zero-order valence-electron chi connectivity index (χ0n) is 25.1. The Labute approximate surface area is 269 Å². The van der Waals surface area contributed by atoms with Crippen molar-refractivity contribution in [2.75, 3.05) is 17.6 Å². The van der Waals surface area contributed by atoms with Gasteiger partial charge in [0.15, 0.2) is 11.5 Å². The van der Waals surface area contributed by atoms with Crippen molar-refractivity contribution >= 4 is 55.3 Å². The maximum Gasteiger partial charge on any atom is 0.353 e. The van der Waals surface area contributed by atoms with Crippen molar-refractivity contribution in [2.24, 2.45) is 0 Å². The first-order chi connectivity index (χ1) is 22.3. The van der Waals surface area contributed by atoms with Gasteiger partial charge in [0.1, 0.15) is 16.7 Å². The van der Waals surface area contributed by atoms with E-state index in [0.717, 1.165) is 23.7 Å². The van der Waals surface area contributed by atoms with Gasteiger partial charge in [-0.1, -0.05) is 43.7 Å². The molecule has 12 heteroatoms. The smallest absolute Gasteiger partial charge is 0.353 e. The van der Waals surface area contributed by atoms with Crippen LogP contribution in [-0.2, 0) is 16.6 Å². The summed E-state index contributed by atoms with van der Waals surface area (Å²) in [5, 5.41) is 11.3. The van der Waals surface area contributed by atoms with Crippen molar-refractivity contribution in [2.45, 2.75) is 38.1 Å². The Morgan fingerprint density at radius 3 is 2.59 bits per heavy atom. The zero-order valence-corrected chi connectivity index (χ0v) is 26.8. The molecule has 10 nitrogen and oxygen atoms in total. The van der Waals surface area contributed by atoms with E-state index in [1.165, 1.54) is 4.31 Å². The predicted molar refractivity (Wildman–Crippen MR) is 178 cm³/mol. The highest BCUT2D eigenvalue weighted by molar-refractivity contribution is 7.92. The van der Waals surface area contributed by atoms with Crippen LogP contribution in [0.25, 0.3) is 33.1 Å². The second-order valence-electron chi connectivity index (χ2n) is 11.2. The third kappa shape index (κ3) is 5.13. The number of nitrogens with zero attached hydrogens (tertiary/aromatic N) is 4. The fourth-order valence-corrected chi connectivity index (χ4v) is 8.23. The molecule has 6 aromatic rings. The van der Waals surface area contributed by atoms with Crippen molar-refractivity contribution in [3.8, 4) is 22.6 Å². The molecule has 7 rings (SSSR count). The van der Waals surface area contributed by atoms with E-state index in [-0.39, 0.29) is 30.5 Å². The van der Waals surface area contributed by atoms with Gasteiger partial charge in [0, 0.05) is 29.6 Å². The molecule has 0 atom stereocenters. The number of fused-ring (bicyclic) bond motifs is 3. The van der Waals surface area contributed by atoms with Crippen LogP contribution in [0.4, 0.5) is 5.69 Å². The van der Waals surface area contributed by atoms with Gasteiger partial charge in [-0.3, -0.25) is 4.31 Å². The van der Waals surface area contributed by atoms with E-state index >= 15 is 0 Å². The van der Waals surface area contributed by atoms with Gasteiger partial charge >= 0.3 is 5.97 Å². The monoisotopic (exact) mass is 654 g/mol. The first-order valence-electron chi connectivity index (χ1n) is 14.9. The Balaban J connectivity index is 1.46. The molecule has 0 aliphatic carbocycles. The number of ether oxygens (including phenoxy) is 2. The Bertz CT molecular complexity index is 2240. The van der Waals surface area contributed by atoms with Gasteiger partial charge in [-0.15, -0.1) is 0 Å². The maximum absolute atomic E-state index is 14.2. The standard InChI is InChI=1S/C34H30N4O6S2/c1-3-4-15-38(46(41,42)31-8-6-5-7-21(31)2)24-11-13-28-25(18-24)32(23-10-12-26-27(17-23)36-45-35-26)33(34(39)40)37(28)19-22-9-14-29-30(16-22)44-20-43-29/h5-14,16-18H,3-4,15,19-20H2,1-2H3,(H,39,40). The third-order valence-corrected chi connectivity index (χ3v) is 10.8. The van der Waals surface area contributed by atoms with Crippen LogP contribution >= 0.6 is 11.7 Å². The Kier molecular flexibility index (Phi) is 7.61. The van der Waals surface area contributed by atoms with Crippen molar-refractivity contribution in [3.05, 3.63) is 95.7 Å². The number of aromatic nitrogens is 3. The van der Waals surface area contributed by atoms with Crippen LogP contribution in [0.3, 0.4) is 0 Å². The van der Waals surface area contributed by atoms with E-state index in [0.29, 0.717) is 62.2 Å². The molecule has 1 aliphatic heterocycles. The summed E-state index contributed by atoms with van der Waals surface area (Å²) in [5.74, 6) is 0.125. The molecule has 0 fully saturated rings. The fraction of sp³-hybridized carbons (Fsp3) is 0.206. The van der Waals surface area contributed by atoms with Gasteiger partial charge in [0.25, 0.3) is 10.0 Å². The number of carboxylic acid groups (broad SMARTS) is 1. The molecule has 234 valence electrons. The zero-order chi connectivity index (χ0) is 32.0. The third-order valence-electron chi connectivity index (χ3n) is 8.23. The number of unbranched alkanes of at least 4 members (excludes halogenated alkanes) is 1. The molecule has 46 heavy (non-hydrogen) atoms. The molecule has 0 radical (unpaired) electrons. The number of anilines is 1. The minimum absolute atomic E-state index is 0.0780. The van der Waals surface area contributed by atoms with Gasteiger partial charge in [-0.25, -0.2) is 13.2 Å². The Morgan fingerprint density at radius 1 is 0.978 bits per heavy atom. The quantitative estimate of drug-likeness (QED) is 0.166. The molecule has 3 heterocycles. The summed E-state index contributed by atoms with van der Waals surface area (Å²) in [5.41, 5.74) is 5.14. The predicted octanol–water partition coefficient (Wildman–Crippen LogP) is 7.09. The van der Waals surface area contributed by atoms with Crippen LogP contribution in [0.1, 0.15) is 41.4 Å². The number of aromatic carboxylic acids is 1. The van der Waals surface area contributed by atoms with Gasteiger partial charge in [0.2, 0.25) is 6.79 Å². The van der Waals surface area contributed by atoms with Crippen LogP contribution < -0.4 is 13.8 Å². The average molecular weight is 655 g/mol. The molecule has 0 amide bonds. The van der Waals surface area contributed by atoms with Gasteiger partial charge in [0.05, 0.1) is 22.3 Å². The number of carbonyl (C=O) groups is 1. The summed E-state index contributed by atoms with van der Waals surface area (Å²) in [6.45, 7) is 4.43. The average Bonchev–Trinajstić information content (AvgIpc) is 3.78. The largest absolute Gasteiger partial charge is 0.477 e. The first-order valence-corrected chi connectivity index (χ1v) is 17.0. The number of carboxylic acids is 1. The lowest BCUT2D eigenvalue weighted by Gasteiger charge is -2.25. The SMILES string of the molecule is CCCCN(c1ccc2c(c1)c(-c1ccc3nsnc3c1)c(C(=O)O)n2Cc1ccc2c(c1)OCO2)S(=O)(=O)c1ccccc1C.